The van der Waals surface area contributed by atoms with Gasteiger partial charge in [-0.05, 0) is 37.8 Å². The molecule has 1 atom stereocenters. The van der Waals surface area contributed by atoms with E-state index in [1.165, 1.54) is 12.8 Å². The number of benzene rings is 1. The van der Waals surface area contributed by atoms with E-state index in [1.54, 1.807) is 18.2 Å². The van der Waals surface area contributed by atoms with Gasteiger partial charge in [0.2, 0.25) is 0 Å². The first-order valence-corrected chi connectivity index (χ1v) is 6.19. The lowest BCUT2D eigenvalue weighted by Gasteiger charge is -2.13. The van der Waals surface area contributed by atoms with Crippen molar-refractivity contribution in [2.24, 2.45) is 11.7 Å². The molecular formula is C13H16N2OS. The molecule has 3 N–H and O–H groups in total. The SMILES string of the molecule is CC(NC(=O)c1cccc(C(N)=S)c1)C1CC1. The summed E-state index contributed by atoms with van der Waals surface area (Å²) in [6.07, 6.45) is 2.43. The average molecular weight is 248 g/mol. The van der Waals surface area contributed by atoms with Gasteiger partial charge in [0.25, 0.3) is 5.91 Å². The van der Waals surface area contributed by atoms with Crippen molar-refractivity contribution < 1.29 is 4.79 Å². The summed E-state index contributed by atoms with van der Waals surface area (Å²) in [5.41, 5.74) is 6.88. The fraction of sp³-hybridized carbons (Fsp3) is 0.385. The molecule has 3 nitrogen and oxygen atoms in total. The van der Waals surface area contributed by atoms with Gasteiger partial charge in [-0.15, -0.1) is 0 Å². The van der Waals surface area contributed by atoms with Crippen LogP contribution in [-0.2, 0) is 0 Å². The Hall–Kier alpha value is -1.42. The molecule has 0 spiro atoms. The number of carbonyl (C=O) groups is 1. The number of hydrogen-bond acceptors (Lipinski definition) is 2. The molecule has 1 unspecified atom stereocenters. The summed E-state index contributed by atoms with van der Waals surface area (Å²) in [5.74, 6) is 0.597. The molecule has 1 aromatic rings. The topological polar surface area (TPSA) is 55.1 Å². The van der Waals surface area contributed by atoms with Gasteiger partial charge in [0.15, 0.2) is 0 Å². The largest absolute Gasteiger partial charge is 0.389 e. The van der Waals surface area contributed by atoms with Crippen LogP contribution in [0.3, 0.4) is 0 Å². The van der Waals surface area contributed by atoms with E-state index in [0.29, 0.717) is 16.5 Å². The van der Waals surface area contributed by atoms with E-state index in [0.717, 1.165) is 5.56 Å². The molecule has 0 aromatic heterocycles. The lowest BCUT2D eigenvalue weighted by molar-refractivity contribution is 0.0936. The standard InChI is InChI=1S/C13H16N2OS/c1-8(9-5-6-9)15-13(16)11-4-2-3-10(7-11)12(14)17/h2-4,7-9H,5-6H2,1H3,(H2,14,17)(H,15,16). The molecule has 17 heavy (non-hydrogen) atoms. The van der Waals surface area contributed by atoms with Crippen LogP contribution in [0.5, 0.6) is 0 Å². The zero-order valence-corrected chi connectivity index (χ0v) is 10.6. The maximum absolute atomic E-state index is 12.0. The Morgan fingerprint density at radius 2 is 2.12 bits per heavy atom. The molecule has 2 rings (SSSR count). The third-order valence-corrected chi connectivity index (χ3v) is 3.33. The summed E-state index contributed by atoms with van der Waals surface area (Å²) in [4.78, 5) is 12.3. The first-order valence-electron chi connectivity index (χ1n) is 5.78. The fourth-order valence-corrected chi connectivity index (χ4v) is 1.94. The van der Waals surface area contributed by atoms with Crippen LogP contribution in [0.1, 0.15) is 35.7 Å². The van der Waals surface area contributed by atoms with Gasteiger partial charge in [0.05, 0.1) is 0 Å². The molecule has 0 heterocycles. The van der Waals surface area contributed by atoms with Crippen molar-refractivity contribution in [3.8, 4) is 0 Å². The second-order valence-corrected chi connectivity index (χ2v) is 4.98. The summed E-state index contributed by atoms with van der Waals surface area (Å²) < 4.78 is 0. The van der Waals surface area contributed by atoms with Crippen LogP contribution >= 0.6 is 12.2 Å². The molecule has 90 valence electrons. The van der Waals surface area contributed by atoms with Gasteiger partial charge in [0.1, 0.15) is 4.99 Å². The van der Waals surface area contributed by atoms with Crippen molar-refractivity contribution in [1.82, 2.24) is 5.32 Å². The van der Waals surface area contributed by atoms with Gasteiger partial charge >= 0.3 is 0 Å². The number of nitrogens with two attached hydrogens (primary N) is 1. The fourth-order valence-electron chi connectivity index (χ4n) is 1.82. The number of thiocarbonyl (C=S) groups is 1. The van der Waals surface area contributed by atoms with Crippen LogP contribution in [-0.4, -0.2) is 16.9 Å². The Labute approximate surface area is 106 Å². The Morgan fingerprint density at radius 1 is 1.47 bits per heavy atom. The third-order valence-electron chi connectivity index (χ3n) is 3.10. The minimum atomic E-state index is -0.0532. The molecule has 0 bridgehead atoms. The molecule has 4 heteroatoms. The highest BCUT2D eigenvalue weighted by Gasteiger charge is 2.29. The minimum absolute atomic E-state index is 0.0532. The zero-order valence-electron chi connectivity index (χ0n) is 9.77. The predicted octanol–water partition coefficient (Wildman–Crippen LogP) is 1.85. The van der Waals surface area contributed by atoms with Gasteiger partial charge in [-0.2, -0.15) is 0 Å². The van der Waals surface area contributed by atoms with Crippen LogP contribution < -0.4 is 11.1 Å². The van der Waals surface area contributed by atoms with Crippen molar-refractivity contribution in [2.45, 2.75) is 25.8 Å². The monoisotopic (exact) mass is 248 g/mol. The maximum atomic E-state index is 12.0. The van der Waals surface area contributed by atoms with Gasteiger partial charge in [0, 0.05) is 17.2 Å². The van der Waals surface area contributed by atoms with Gasteiger partial charge in [-0.3, -0.25) is 4.79 Å². The maximum Gasteiger partial charge on any atom is 0.251 e. The lowest BCUT2D eigenvalue weighted by Crippen LogP contribution is -2.34. The normalized spacial score (nSPS) is 16.3. The summed E-state index contributed by atoms with van der Waals surface area (Å²) in [7, 11) is 0. The lowest BCUT2D eigenvalue weighted by atomic mass is 10.1. The van der Waals surface area contributed by atoms with Gasteiger partial charge in [-0.25, -0.2) is 0 Å². The molecular weight excluding hydrogens is 232 g/mol. The summed E-state index contributed by atoms with van der Waals surface area (Å²) in [6.45, 7) is 2.05. The van der Waals surface area contributed by atoms with E-state index >= 15 is 0 Å². The predicted molar refractivity (Wildman–Crippen MR) is 72.0 cm³/mol. The number of nitrogens with one attached hydrogen (secondary N) is 1. The first-order chi connectivity index (χ1) is 8.08. The van der Waals surface area contributed by atoms with E-state index in [4.69, 9.17) is 18.0 Å². The molecule has 0 aliphatic heterocycles. The highest BCUT2D eigenvalue weighted by atomic mass is 32.1. The van der Waals surface area contributed by atoms with E-state index in [2.05, 4.69) is 5.32 Å². The summed E-state index contributed by atoms with van der Waals surface area (Å²) in [6, 6.07) is 7.36. The molecule has 1 fully saturated rings. The van der Waals surface area contributed by atoms with Crippen LogP contribution in [0.15, 0.2) is 24.3 Å². The molecule has 1 aromatic carbocycles. The quantitative estimate of drug-likeness (QED) is 0.800. The highest BCUT2D eigenvalue weighted by molar-refractivity contribution is 7.80. The number of carbonyl (C=O) groups excluding carboxylic acids is 1. The van der Waals surface area contributed by atoms with Crippen molar-refractivity contribution in [3.63, 3.8) is 0 Å². The van der Waals surface area contributed by atoms with E-state index in [9.17, 15) is 4.79 Å². The number of hydrogen-bond donors (Lipinski definition) is 2. The number of rotatable bonds is 4. The molecule has 0 radical (unpaired) electrons. The van der Waals surface area contributed by atoms with Crippen LogP contribution in [0.4, 0.5) is 0 Å². The van der Waals surface area contributed by atoms with Crippen molar-refractivity contribution in [2.75, 3.05) is 0 Å². The minimum Gasteiger partial charge on any atom is -0.389 e. The summed E-state index contributed by atoms with van der Waals surface area (Å²) in [5, 5.41) is 3.00. The highest BCUT2D eigenvalue weighted by Crippen LogP contribution is 2.32. The Morgan fingerprint density at radius 3 is 2.71 bits per heavy atom. The smallest absolute Gasteiger partial charge is 0.251 e. The molecule has 0 saturated heterocycles. The Balaban J connectivity index is 2.07. The van der Waals surface area contributed by atoms with Crippen LogP contribution in [0.25, 0.3) is 0 Å². The van der Waals surface area contributed by atoms with Crippen LogP contribution in [0, 0.1) is 5.92 Å². The Kier molecular flexibility index (Phi) is 3.43. The second-order valence-electron chi connectivity index (χ2n) is 4.54. The average Bonchev–Trinajstić information content (AvgIpc) is 3.12. The second kappa shape index (κ2) is 4.84. The van der Waals surface area contributed by atoms with Crippen molar-refractivity contribution in [1.29, 1.82) is 0 Å². The number of amides is 1. The van der Waals surface area contributed by atoms with Crippen molar-refractivity contribution in [3.05, 3.63) is 35.4 Å². The third kappa shape index (κ3) is 3.03. The first kappa shape index (κ1) is 12.0. The van der Waals surface area contributed by atoms with Gasteiger partial charge < -0.3 is 11.1 Å². The van der Waals surface area contributed by atoms with Gasteiger partial charge in [-0.1, -0.05) is 24.4 Å². The molecule has 1 aliphatic rings. The zero-order chi connectivity index (χ0) is 12.4. The molecule has 1 saturated carbocycles. The molecule has 1 amide bonds. The van der Waals surface area contributed by atoms with E-state index < -0.39 is 0 Å². The summed E-state index contributed by atoms with van der Waals surface area (Å²) >= 11 is 4.89. The van der Waals surface area contributed by atoms with Crippen LogP contribution in [0.2, 0.25) is 0 Å². The molecule has 1 aliphatic carbocycles. The van der Waals surface area contributed by atoms with E-state index in [1.807, 2.05) is 13.0 Å². The Bertz CT molecular complexity index is 454. The van der Waals surface area contributed by atoms with Crippen molar-refractivity contribution >= 4 is 23.1 Å². The van der Waals surface area contributed by atoms with E-state index in [-0.39, 0.29) is 11.9 Å².